The van der Waals surface area contributed by atoms with E-state index in [4.69, 9.17) is 4.74 Å². The lowest BCUT2D eigenvalue weighted by Crippen LogP contribution is -2.40. The molecule has 0 saturated carbocycles. The number of rotatable bonds is 9. The van der Waals surface area contributed by atoms with Gasteiger partial charge in [0.05, 0.1) is 24.2 Å². The summed E-state index contributed by atoms with van der Waals surface area (Å²) in [5.74, 6) is -1.24. The average Bonchev–Trinajstić information content (AvgIpc) is 0.720. The molecule has 560 valence electrons. The molecule has 0 radical (unpaired) electrons. The predicted molar refractivity (Wildman–Crippen MR) is 483 cm³/mol. The summed E-state index contributed by atoms with van der Waals surface area (Å²) in [6.07, 6.45) is 0. The fourth-order valence-corrected chi connectivity index (χ4v) is 18.1. The third-order valence-corrected chi connectivity index (χ3v) is 23.6. The Balaban J connectivity index is 0.000000112. The molecule has 3 aliphatic heterocycles. The summed E-state index contributed by atoms with van der Waals surface area (Å²) in [5.41, 5.74) is 15.6. The minimum absolute atomic E-state index is 0.299. The average molecular weight is 1530 g/mol. The number of methoxy groups -OCH3 is 1. The van der Waals surface area contributed by atoms with Crippen LogP contribution in [-0.4, -0.2) is 42.6 Å². The van der Waals surface area contributed by atoms with Crippen LogP contribution >= 0.6 is 0 Å². The molecule has 0 spiro atoms. The third kappa shape index (κ3) is 11.8. The quantitative estimate of drug-likeness (QED) is 0.104. The maximum atomic E-state index is 14.1. The van der Waals surface area contributed by atoms with Crippen molar-refractivity contribution in [3.8, 4) is 61.4 Å². The van der Waals surface area contributed by atoms with Crippen LogP contribution in [0.2, 0.25) is 0 Å². The molecule has 0 fully saturated rings. The summed E-state index contributed by atoms with van der Waals surface area (Å²) in [6, 6.07) is 128. The molecule has 0 unspecified atom stereocenters. The first kappa shape index (κ1) is 70.8. The van der Waals surface area contributed by atoms with E-state index in [2.05, 4.69) is 140 Å². The predicted octanol–water partition coefficient (Wildman–Crippen LogP) is 26.2. The van der Waals surface area contributed by atoms with Crippen LogP contribution in [0.15, 0.2) is 388 Å². The molecule has 20 aromatic rings. The van der Waals surface area contributed by atoms with Gasteiger partial charge in [-0.05, 0) is 222 Å². The Kier molecular flexibility index (Phi) is 17.1. The van der Waals surface area contributed by atoms with Gasteiger partial charge < -0.3 is 4.74 Å². The molecule has 0 saturated heterocycles. The van der Waals surface area contributed by atoms with Crippen LogP contribution in [0.25, 0.3) is 153 Å². The number of benzene rings is 20. The van der Waals surface area contributed by atoms with Crippen LogP contribution in [0, 0.1) is 0 Å². The first-order valence-corrected chi connectivity index (χ1v) is 39.5. The molecular formula is C109H67N3O7. The fraction of sp³-hybridized carbons (Fsp3) is 0.00917. The van der Waals surface area contributed by atoms with Crippen molar-refractivity contribution < 1.29 is 33.5 Å². The standard InChI is InChI=1S/C42H25NO2.C38H23NO2.C29H19NO3/c44-41-36-20-10-19-34-35(23-24-37(40(34)36)42(45)43(41)29-22-21-26-11-4-5-14-28(26)25-29)39-32-17-8-6-15-30(32)38(27-12-2-1-3-13-27)31-16-7-9-18-33(31)39;40-37-34-12-6-11-33-32(30-16-15-28-21-27(13-14-29(28)22-30)24-7-2-1-3-8-24)19-20-35(36(33)34)38(41)39(37)31-18-17-25-9-4-5-10-26(25)23-31;1-33-25-16-15-24-26-23(14-13-22(27(25)26)19-8-3-2-4-9-19)28(31)30(29(24)32)21-12-11-18-7-5-6-10-20(18)17-21/h1-25H;1-23H;2-17H,1H3. The smallest absolute Gasteiger partial charge is 0.265 e. The maximum absolute atomic E-state index is 14.1. The SMILES string of the molecule is COc1ccc2c3c(ccc(-c4ccccc4)c13)C(=O)N(c1ccc3ccccc3c1)C2=O.O=C1c2cccc3c(-c4c5ccccc5c(-c5ccccc5)c5ccccc45)ccc(c23)C(=O)N1c1ccc2ccccc2c1.O=C1c2cccc3c(-c4ccc5cc(-c6ccccc6)ccc5c4)ccc(c23)C(=O)N1c1ccc2ccccc2c1. The summed E-state index contributed by atoms with van der Waals surface area (Å²) in [6.45, 7) is 0. The van der Waals surface area contributed by atoms with Crippen molar-refractivity contribution in [3.63, 3.8) is 0 Å². The van der Waals surface area contributed by atoms with Crippen molar-refractivity contribution in [1.82, 2.24) is 0 Å². The number of ether oxygens (including phenoxy) is 1. The van der Waals surface area contributed by atoms with Crippen LogP contribution in [0.4, 0.5) is 17.1 Å². The molecule has 0 atom stereocenters. The summed E-state index contributed by atoms with van der Waals surface area (Å²) in [4.78, 5) is 87.1. The second-order valence-electron chi connectivity index (χ2n) is 30.2. The maximum Gasteiger partial charge on any atom is 0.265 e. The van der Waals surface area contributed by atoms with Gasteiger partial charge in [0.15, 0.2) is 0 Å². The van der Waals surface area contributed by atoms with Crippen LogP contribution in [0.3, 0.4) is 0 Å². The highest BCUT2D eigenvalue weighted by molar-refractivity contribution is 6.40. The van der Waals surface area contributed by atoms with Crippen molar-refractivity contribution in [2.24, 2.45) is 0 Å². The lowest BCUT2D eigenvalue weighted by atomic mass is 9.83. The molecule has 20 aromatic carbocycles. The minimum atomic E-state index is -0.333. The van der Waals surface area contributed by atoms with E-state index in [0.717, 1.165) is 120 Å². The zero-order chi connectivity index (χ0) is 80.1. The molecule has 0 aliphatic carbocycles. The van der Waals surface area contributed by atoms with E-state index in [-0.39, 0.29) is 35.4 Å². The summed E-state index contributed by atoms with van der Waals surface area (Å²) in [7, 11) is 1.60. The lowest BCUT2D eigenvalue weighted by molar-refractivity contribution is 0.0877. The Morgan fingerprint density at radius 2 is 0.496 bits per heavy atom. The van der Waals surface area contributed by atoms with Crippen LogP contribution in [-0.2, 0) is 0 Å². The van der Waals surface area contributed by atoms with Crippen LogP contribution in [0.5, 0.6) is 5.75 Å². The molecule has 0 N–H and O–H groups in total. The zero-order valence-electron chi connectivity index (χ0n) is 64.1. The van der Waals surface area contributed by atoms with Gasteiger partial charge in [0.25, 0.3) is 35.4 Å². The molecule has 0 bridgehead atoms. The van der Waals surface area contributed by atoms with E-state index in [1.807, 2.05) is 237 Å². The fourth-order valence-electron chi connectivity index (χ4n) is 18.1. The Morgan fingerprint density at radius 1 is 0.185 bits per heavy atom. The van der Waals surface area contributed by atoms with Gasteiger partial charge in [-0.15, -0.1) is 0 Å². The van der Waals surface area contributed by atoms with Gasteiger partial charge in [0, 0.05) is 54.9 Å². The molecule has 119 heavy (non-hydrogen) atoms. The number of imide groups is 3. The van der Waals surface area contributed by atoms with Crippen molar-refractivity contribution in [2.75, 3.05) is 21.8 Å². The monoisotopic (exact) mass is 1530 g/mol. The third-order valence-electron chi connectivity index (χ3n) is 23.6. The van der Waals surface area contributed by atoms with Gasteiger partial charge in [-0.2, -0.15) is 0 Å². The molecule has 0 aromatic heterocycles. The summed E-state index contributed by atoms with van der Waals surface area (Å²) in [5, 5.41) is 17.6. The first-order chi connectivity index (χ1) is 58.5. The van der Waals surface area contributed by atoms with Crippen molar-refractivity contribution in [2.45, 2.75) is 0 Å². The second kappa shape index (κ2) is 28.8. The molecular weight excluding hydrogens is 1460 g/mol. The van der Waals surface area contributed by atoms with E-state index in [1.54, 1.807) is 19.2 Å². The van der Waals surface area contributed by atoms with E-state index in [0.29, 0.717) is 67.0 Å². The van der Waals surface area contributed by atoms with E-state index < -0.39 is 0 Å². The normalized spacial score (nSPS) is 13.0. The van der Waals surface area contributed by atoms with Crippen molar-refractivity contribution in [1.29, 1.82) is 0 Å². The highest BCUT2D eigenvalue weighted by Crippen LogP contribution is 2.49. The van der Waals surface area contributed by atoms with E-state index >= 15 is 0 Å². The molecule has 10 nitrogen and oxygen atoms in total. The highest BCUT2D eigenvalue weighted by atomic mass is 16.5. The van der Waals surface area contributed by atoms with Gasteiger partial charge >= 0.3 is 0 Å². The van der Waals surface area contributed by atoms with Gasteiger partial charge in [0.1, 0.15) is 5.75 Å². The topological polar surface area (TPSA) is 121 Å². The molecule has 10 heteroatoms. The Labute approximate surface area is 683 Å². The number of anilines is 3. The van der Waals surface area contributed by atoms with Gasteiger partial charge in [-0.25, -0.2) is 14.7 Å². The second-order valence-corrected chi connectivity index (χ2v) is 30.2. The van der Waals surface area contributed by atoms with Gasteiger partial charge in [-0.3, -0.25) is 28.8 Å². The lowest BCUT2D eigenvalue weighted by Gasteiger charge is -2.28. The van der Waals surface area contributed by atoms with Crippen LogP contribution < -0.4 is 19.4 Å². The summed E-state index contributed by atoms with van der Waals surface area (Å²) >= 11 is 0. The first-order valence-electron chi connectivity index (χ1n) is 39.5. The Hall–Kier alpha value is -16.0. The van der Waals surface area contributed by atoms with E-state index in [1.165, 1.54) is 37.0 Å². The number of fused-ring (bicyclic) bond motifs is 6. The van der Waals surface area contributed by atoms with E-state index in [9.17, 15) is 28.8 Å². The number of nitrogens with zero attached hydrogens (tertiary/aromatic N) is 3. The molecule has 3 aliphatic rings. The Morgan fingerprint density at radius 3 is 0.950 bits per heavy atom. The van der Waals surface area contributed by atoms with Crippen LogP contribution in [0.1, 0.15) is 62.1 Å². The molecule has 6 amide bonds. The molecule has 23 rings (SSSR count). The number of carbonyl (C=O) groups is 6. The zero-order valence-corrected chi connectivity index (χ0v) is 64.1. The Bertz CT molecular complexity index is 7630. The van der Waals surface area contributed by atoms with Crippen molar-refractivity contribution in [3.05, 3.63) is 422 Å². The van der Waals surface area contributed by atoms with Gasteiger partial charge in [0.2, 0.25) is 0 Å². The minimum Gasteiger partial charge on any atom is -0.496 e. The molecule has 3 heterocycles. The van der Waals surface area contributed by atoms with Gasteiger partial charge in [-0.1, -0.05) is 297 Å². The highest BCUT2D eigenvalue weighted by Gasteiger charge is 2.39. The van der Waals surface area contributed by atoms with Crippen molar-refractivity contribution >= 4 is 149 Å². The number of hydrogen-bond acceptors (Lipinski definition) is 7. The summed E-state index contributed by atoms with van der Waals surface area (Å²) < 4.78 is 5.66. The largest absolute Gasteiger partial charge is 0.496 e. The number of carbonyl (C=O) groups excluding carboxylic acids is 6. The number of hydrogen-bond donors (Lipinski definition) is 0. The number of amides is 6.